The minimum Gasteiger partial charge on any atom is -0.329 e. The van der Waals surface area contributed by atoms with Crippen molar-refractivity contribution in [1.29, 1.82) is 0 Å². The summed E-state index contributed by atoms with van der Waals surface area (Å²) in [5.74, 6) is -0.00626. The molecule has 0 aliphatic carbocycles. The van der Waals surface area contributed by atoms with Crippen LogP contribution >= 0.6 is 0 Å². The van der Waals surface area contributed by atoms with Crippen molar-refractivity contribution >= 4 is 22.5 Å². The molecule has 0 unspecified atom stereocenters. The molecule has 1 aromatic carbocycles. The van der Waals surface area contributed by atoms with Crippen molar-refractivity contribution in [2.75, 3.05) is 11.9 Å². The number of carbonyl (C=O) groups excluding carboxylic acids is 1. The van der Waals surface area contributed by atoms with Gasteiger partial charge in [-0.3, -0.25) is 9.78 Å². The van der Waals surface area contributed by atoms with E-state index in [1.165, 1.54) is 0 Å². The van der Waals surface area contributed by atoms with Crippen LogP contribution < -0.4 is 11.1 Å². The monoisotopic (exact) mass is 271 g/mol. The maximum absolute atomic E-state index is 12.5. The molecule has 0 radical (unpaired) electrons. The third kappa shape index (κ3) is 2.65. The van der Waals surface area contributed by atoms with E-state index in [1.54, 1.807) is 6.20 Å². The highest BCUT2D eigenvalue weighted by Crippen LogP contribution is 2.27. The molecule has 0 saturated heterocycles. The highest BCUT2D eigenvalue weighted by atomic mass is 16.2. The molecule has 20 heavy (non-hydrogen) atoms. The summed E-state index contributed by atoms with van der Waals surface area (Å²) in [4.78, 5) is 16.7. The van der Waals surface area contributed by atoms with Gasteiger partial charge in [-0.1, -0.05) is 19.9 Å². The first-order valence-corrected chi connectivity index (χ1v) is 7.01. The molecule has 3 N–H and O–H groups in total. The molecule has 106 valence electrons. The van der Waals surface area contributed by atoms with Crippen LogP contribution in [0.2, 0.25) is 0 Å². The number of fused-ring (bicyclic) bond motifs is 1. The summed E-state index contributed by atoms with van der Waals surface area (Å²) in [6, 6.07) is 9.59. The fourth-order valence-electron chi connectivity index (χ4n) is 2.37. The Labute approximate surface area is 119 Å². The third-order valence-corrected chi connectivity index (χ3v) is 4.09. The number of pyridine rings is 1. The first-order valence-electron chi connectivity index (χ1n) is 7.01. The van der Waals surface area contributed by atoms with Gasteiger partial charge < -0.3 is 11.1 Å². The van der Waals surface area contributed by atoms with Crippen LogP contribution in [0.15, 0.2) is 36.5 Å². The summed E-state index contributed by atoms with van der Waals surface area (Å²) < 4.78 is 0. The molecule has 4 heteroatoms. The largest absolute Gasteiger partial charge is 0.329 e. The number of amides is 1. The lowest BCUT2D eigenvalue weighted by atomic mass is 9.81. The van der Waals surface area contributed by atoms with E-state index >= 15 is 0 Å². The van der Waals surface area contributed by atoms with Crippen LogP contribution in [-0.4, -0.2) is 17.4 Å². The number of rotatable bonds is 5. The summed E-state index contributed by atoms with van der Waals surface area (Å²) >= 11 is 0. The van der Waals surface area contributed by atoms with Crippen LogP contribution in [-0.2, 0) is 4.79 Å². The third-order valence-electron chi connectivity index (χ3n) is 4.09. The molecule has 0 aliphatic heterocycles. The summed E-state index contributed by atoms with van der Waals surface area (Å²) in [5, 5.41) is 3.99. The number of anilines is 1. The molecule has 0 fully saturated rings. The standard InChI is InChI=1S/C16H21N3O/c1-3-16(4-2,11-17)15(20)19-13-7-8-14-12(10-13)6-5-9-18-14/h5-10H,3-4,11,17H2,1-2H3,(H,19,20). The van der Waals surface area contributed by atoms with Crippen molar-refractivity contribution < 1.29 is 4.79 Å². The molecule has 2 aromatic rings. The highest BCUT2D eigenvalue weighted by Gasteiger charge is 2.33. The lowest BCUT2D eigenvalue weighted by Crippen LogP contribution is -2.41. The number of nitrogens with two attached hydrogens (primary N) is 1. The number of aromatic nitrogens is 1. The van der Waals surface area contributed by atoms with E-state index in [2.05, 4.69) is 10.3 Å². The van der Waals surface area contributed by atoms with Crippen molar-refractivity contribution in [2.45, 2.75) is 26.7 Å². The molecule has 1 heterocycles. The molecule has 1 aromatic heterocycles. The lowest BCUT2D eigenvalue weighted by molar-refractivity contribution is -0.125. The Morgan fingerprint density at radius 1 is 1.30 bits per heavy atom. The number of nitrogens with zero attached hydrogens (tertiary/aromatic N) is 1. The summed E-state index contributed by atoms with van der Waals surface area (Å²) in [5.41, 5.74) is 7.03. The predicted octanol–water partition coefficient (Wildman–Crippen LogP) is 2.94. The normalized spacial score (nSPS) is 11.6. The van der Waals surface area contributed by atoms with Crippen LogP contribution in [0.3, 0.4) is 0 Å². The van der Waals surface area contributed by atoms with Gasteiger partial charge in [0.2, 0.25) is 5.91 Å². The number of benzene rings is 1. The molecule has 0 spiro atoms. The van der Waals surface area contributed by atoms with Gasteiger partial charge in [-0.25, -0.2) is 0 Å². The van der Waals surface area contributed by atoms with Gasteiger partial charge in [0.15, 0.2) is 0 Å². The minimum absolute atomic E-state index is 0.00626. The summed E-state index contributed by atoms with van der Waals surface area (Å²) in [6.07, 6.45) is 3.23. The first-order chi connectivity index (χ1) is 9.65. The number of hydrogen-bond acceptors (Lipinski definition) is 3. The van der Waals surface area contributed by atoms with E-state index in [1.807, 2.05) is 44.2 Å². The molecule has 0 atom stereocenters. The van der Waals surface area contributed by atoms with Crippen LogP contribution in [0.25, 0.3) is 10.9 Å². The minimum atomic E-state index is -0.482. The van der Waals surface area contributed by atoms with Crippen LogP contribution in [0.4, 0.5) is 5.69 Å². The zero-order valence-electron chi connectivity index (χ0n) is 12.0. The second-order valence-corrected chi connectivity index (χ2v) is 5.06. The molecule has 0 aliphatic rings. The van der Waals surface area contributed by atoms with Crippen LogP contribution in [0.1, 0.15) is 26.7 Å². The maximum Gasteiger partial charge on any atom is 0.231 e. The van der Waals surface area contributed by atoms with E-state index in [0.29, 0.717) is 6.54 Å². The zero-order chi connectivity index (χ0) is 14.6. The SMILES string of the molecule is CCC(CC)(CN)C(=O)Nc1ccc2ncccc2c1. The molecule has 0 bridgehead atoms. The quantitative estimate of drug-likeness (QED) is 0.878. The van der Waals surface area contributed by atoms with E-state index < -0.39 is 5.41 Å². The van der Waals surface area contributed by atoms with E-state index in [-0.39, 0.29) is 5.91 Å². The maximum atomic E-state index is 12.5. The highest BCUT2D eigenvalue weighted by molar-refractivity contribution is 5.97. The van der Waals surface area contributed by atoms with Gasteiger partial charge in [-0.2, -0.15) is 0 Å². The average molecular weight is 271 g/mol. The first kappa shape index (κ1) is 14.5. The second-order valence-electron chi connectivity index (χ2n) is 5.06. The fraction of sp³-hybridized carbons (Fsp3) is 0.375. The van der Waals surface area contributed by atoms with Gasteiger partial charge in [-0.15, -0.1) is 0 Å². The molecular weight excluding hydrogens is 250 g/mol. The van der Waals surface area contributed by atoms with E-state index in [0.717, 1.165) is 29.4 Å². The molecule has 0 saturated carbocycles. The lowest BCUT2D eigenvalue weighted by Gasteiger charge is -2.28. The Morgan fingerprint density at radius 3 is 2.70 bits per heavy atom. The smallest absolute Gasteiger partial charge is 0.231 e. The number of carbonyl (C=O) groups is 1. The molecular formula is C16H21N3O. The number of hydrogen-bond donors (Lipinski definition) is 2. The van der Waals surface area contributed by atoms with Gasteiger partial charge in [0.1, 0.15) is 0 Å². The van der Waals surface area contributed by atoms with Gasteiger partial charge in [0.05, 0.1) is 10.9 Å². The van der Waals surface area contributed by atoms with Crippen molar-refractivity contribution in [1.82, 2.24) is 4.98 Å². The van der Waals surface area contributed by atoms with Gasteiger partial charge >= 0.3 is 0 Å². The van der Waals surface area contributed by atoms with E-state index in [9.17, 15) is 4.79 Å². The Kier molecular flexibility index (Phi) is 4.35. The van der Waals surface area contributed by atoms with Gasteiger partial charge in [0.25, 0.3) is 0 Å². The van der Waals surface area contributed by atoms with Crippen molar-refractivity contribution in [2.24, 2.45) is 11.1 Å². The topological polar surface area (TPSA) is 68.0 Å². The Hall–Kier alpha value is -1.94. The van der Waals surface area contributed by atoms with Gasteiger partial charge in [-0.05, 0) is 37.1 Å². The van der Waals surface area contributed by atoms with Crippen molar-refractivity contribution in [3.63, 3.8) is 0 Å². The fourth-order valence-corrected chi connectivity index (χ4v) is 2.37. The van der Waals surface area contributed by atoms with Crippen molar-refractivity contribution in [3.05, 3.63) is 36.5 Å². The molecule has 4 nitrogen and oxygen atoms in total. The Bertz CT molecular complexity index is 597. The number of nitrogens with one attached hydrogen (secondary N) is 1. The molecule has 1 amide bonds. The Balaban J connectivity index is 2.25. The molecule has 2 rings (SSSR count). The van der Waals surface area contributed by atoms with Gasteiger partial charge in [0, 0.05) is 23.8 Å². The summed E-state index contributed by atoms with van der Waals surface area (Å²) in [7, 11) is 0. The van der Waals surface area contributed by atoms with Crippen LogP contribution in [0, 0.1) is 5.41 Å². The van der Waals surface area contributed by atoms with E-state index in [4.69, 9.17) is 5.73 Å². The zero-order valence-corrected chi connectivity index (χ0v) is 12.0. The predicted molar refractivity (Wildman–Crippen MR) is 82.4 cm³/mol. The summed E-state index contributed by atoms with van der Waals surface area (Å²) in [6.45, 7) is 4.36. The van der Waals surface area contributed by atoms with Crippen LogP contribution in [0.5, 0.6) is 0 Å². The van der Waals surface area contributed by atoms with Crippen molar-refractivity contribution in [3.8, 4) is 0 Å². The second kappa shape index (κ2) is 6.01. The Morgan fingerprint density at radius 2 is 2.05 bits per heavy atom. The average Bonchev–Trinajstić information content (AvgIpc) is 2.49.